The number of ether oxygens (including phenoxy) is 3. The predicted octanol–water partition coefficient (Wildman–Crippen LogP) is 19.9. The van der Waals surface area contributed by atoms with Gasteiger partial charge in [-0.25, -0.2) is 0 Å². The molecule has 0 unspecified atom stereocenters. The third-order valence-corrected chi connectivity index (χ3v) is 13.4. The molecule has 67 heavy (non-hydrogen) atoms. The smallest absolute Gasteiger partial charge is 0.306 e. The molecule has 0 saturated heterocycles. The first kappa shape index (κ1) is 64.9. The molecule has 0 N–H and O–H groups in total. The monoisotopic (exact) mass is 943 g/mol. The Kier molecular flexibility index (Phi) is 54.7. The highest BCUT2D eigenvalue weighted by Gasteiger charge is 2.19. The van der Waals surface area contributed by atoms with Gasteiger partial charge in [-0.3, -0.25) is 14.4 Å². The normalized spacial score (nSPS) is 12.1. The molecule has 0 heterocycles. The molecule has 0 amide bonds. The van der Waals surface area contributed by atoms with E-state index in [0.717, 1.165) is 70.6 Å². The molecule has 0 saturated carbocycles. The van der Waals surface area contributed by atoms with Crippen LogP contribution in [0.5, 0.6) is 0 Å². The number of rotatable bonds is 55. The highest BCUT2D eigenvalue weighted by atomic mass is 16.6. The van der Waals surface area contributed by atoms with Crippen molar-refractivity contribution in [3.63, 3.8) is 0 Å². The van der Waals surface area contributed by atoms with Gasteiger partial charge in [-0.2, -0.15) is 0 Å². The summed E-state index contributed by atoms with van der Waals surface area (Å²) in [6.45, 7) is 6.67. The van der Waals surface area contributed by atoms with Crippen molar-refractivity contribution < 1.29 is 28.6 Å². The second-order valence-corrected chi connectivity index (χ2v) is 20.3. The summed E-state index contributed by atoms with van der Waals surface area (Å²) in [5, 5.41) is 0. The number of hydrogen-bond donors (Lipinski definition) is 0. The van der Waals surface area contributed by atoms with Crippen LogP contribution in [0, 0.1) is 0 Å². The number of unbranched alkanes of at least 4 members (excludes halogenated alkanes) is 40. The Morgan fingerprint density at radius 3 is 0.746 bits per heavy atom. The maximum Gasteiger partial charge on any atom is 0.306 e. The van der Waals surface area contributed by atoms with Crippen molar-refractivity contribution in [3.05, 3.63) is 24.3 Å². The largest absolute Gasteiger partial charge is 0.462 e. The molecule has 0 spiro atoms. The first-order chi connectivity index (χ1) is 33.0. The zero-order valence-corrected chi connectivity index (χ0v) is 45.2. The molecular weight excluding hydrogens is 829 g/mol. The lowest BCUT2D eigenvalue weighted by Crippen LogP contribution is -2.30. The molecule has 6 nitrogen and oxygen atoms in total. The fourth-order valence-electron chi connectivity index (χ4n) is 8.91. The SMILES string of the molecule is CCCCCCC/C=C\CCCCCCCC(=O)OC[C@H](COC(=O)CCCCCCCCCCCCCCCCCCCCC)OC(=O)CCCCCCC/C=C\CCCCCCCCC. The van der Waals surface area contributed by atoms with Crippen molar-refractivity contribution >= 4 is 17.9 Å². The lowest BCUT2D eigenvalue weighted by atomic mass is 10.0. The van der Waals surface area contributed by atoms with Gasteiger partial charge in [0.25, 0.3) is 0 Å². The maximum atomic E-state index is 12.9. The molecule has 1 atom stereocenters. The van der Waals surface area contributed by atoms with Gasteiger partial charge in [-0.05, 0) is 70.6 Å². The standard InChI is InChI=1S/C61H114O6/c1-4-7-10-13-16-19-22-25-28-30-31-32-34-36-39-42-45-48-51-54-60(63)66-57-58(56-65-59(62)53-50-47-44-41-38-35-27-24-21-18-15-12-9-6-3)67-61(64)55-52-49-46-43-40-37-33-29-26-23-20-17-14-11-8-5-2/h24,27,29,33,58H,4-23,25-26,28,30-32,34-57H2,1-3H3/b27-24-,33-29-/t58-/m1/s1. The van der Waals surface area contributed by atoms with Crippen LogP contribution in [0.25, 0.3) is 0 Å². The molecule has 0 radical (unpaired) electrons. The lowest BCUT2D eigenvalue weighted by Gasteiger charge is -2.18. The molecule has 0 aromatic rings. The van der Waals surface area contributed by atoms with Crippen molar-refractivity contribution in [2.75, 3.05) is 13.2 Å². The summed E-state index contributed by atoms with van der Waals surface area (Å²) in [6.07, 6.45) is 66.0. The summed E-state index contributed by atoms with van der Waals surface area (Å²) in [5.41, 5.74) is 0. The van der Waals surface area contributed by atoms with E-state index < -0.39 is 6.10 Å². The van der Waals surface area contributed by atoms with Gasteiger partial charge >= 0.3 is 17.9 Å². The Labute approximate surface area is 417 Å². The van der Waals surface area contributed by atoms with Crippen LogP contribution in [0.2, 0.25) is 0 Å². The Balaban J connectivity index is 4.32. The summed E-state index contributed by atoms with van der Waals surface area (Å²) in [4.78, 5) is 38.2. The van der Waals surface area contributed by atoms with Gasteiger partial charge < -0.3 is 14.2 Å². The highest BCUT2D eigenvalue weighted by Crippen LogP contribution is 2.17. The van der Waals surface area contributed by atoms with E-state index >= 15 is 0 Å². The van der Waals surface area contributed by atoms with Gasteiger partial charge in [0.15, 0.2) is 6.10 Å². The van der Waals surface area contributed by atoms with E-state index in [4.69, 9.17) is 14.2 Å². The van der Waals surface area contributed by atoms with Crippen molar-refractivity contribution in [2.24, 2.45) is 0 Å². The number of allylic oxidation sites excluding steroid dienone is 4. The quantitative estimate of drug-likeness (QED) is 0.0262. The molecule has 0 aliphatic carbocycles. The lowest BCUT2D eigenvalue weighted by molar-refractivity contribution is -0.167. The van der Waals surface area contributed by atoms with Crippen LogP contribution in [-0.2, 0) is 28.6 Å². The van der Waals surface area contributed by atoms with E-state index in [9.17, 15) is 14.4 Å². The number of carbonyl (C=O) groups is 3. The second kappa shape index (κ2) is 56.5. The fourth-order valence-corrected chi connectivity index (χ4v) is 8.91. The van der Waals surface area contributed by atoms with Gasteiger partial charge in [0.2, 0.25) is 0 Å². The minimum atomic E-state index is -0.775. The van der Waals surface area contributed by atoms with E-state index in [1.807, 2.05) is 0 Å². The highest BCUT2D eigenvalue weighted by molar-refractivity contribution is 5.71. The molecule has 0 aliphatic heterocycles. The van der Waals surface area contributed by atoms with Crippen molar-refractivity contribution in [1.29, 1.82) is 0 Å². The van der Waals surface area contributed by atoms with Crippen LogP contribution in [0.1, 0.15) is 329 Å². The van der Waals surface area contributed by atoms with E-state index in [0.29, 0.717) is 19.3 Å². The van der Waals surface area contributed by atoms with Crippen molar-refractivity contribution in [3.8, 4) is 0 Å². The van der Waals surface area contributed by atoms with Crippen LogP contribution < -0.4 is 0 Å². The van der Waals surface area contributed by atoms with E-state index in [1.165, 1.54) is 218 Å². The summed E-state index contributed by atoms with van der Waals surface area (Å²) >= 11 is 0. The topological polar surface area (TPSA) is 78.9 Å². The number of carbonyl (C=O) groups excluding carboxylic acids is 3. The van der Waals surface area contributed by atoms with Gasteiger partial charge in [0.05, 0.1) is 0 Å². The summed E-state index contributed by atoms with van der Waals surface area (Å²) < 4.78 is 16.9. The maximum absolute atomic E-state index is 12.9. The first-order valence-corrected chi connectivity index (χ1v) is 29.8. The van der Waals surface area contributed by atoms with Crippen LogP contribution >= 0.6 is 0 Å². The molecule has 0 aliphatic rings. The second-order valence-electron chi connectivity index (χ2n) is 20.3. The van der Waals surface area contributed by atoms with Crippen LogP contribution in [0.15, 0.2) is 24.3 Å². The summed E-state index contributed by atoms with van der Waals surface area (Å²) in [6, 6.07) is 0. The molecule has 0 bridgehead atoms. The molecule has 394 valence electrons. The predicted molar refractivity (Wildman–Crippen MR) is 289 cm³/mol. The number of hydrogen-bond acceptors (Lipinski definition) is 6. The average Bonchev–Trinajstić information content (AvgIpc) is 3.33. The third kappa shape index (κ3) is 54.7. The molecule has 0 rings (SSSR count). The van der Waals surface area contributed by atoms with Gasteiger partial charge in [0, 0.05) is 19.3 Å². The van der Waals surface area contributed by atoms with Crippen LogP contribution in [0.3, 0.4) is 0 Å². The molecule has 0 aromatic heterocycles. The zero-order chi connectivity index (χ0) is 48.6. The average molecular weight is 944 g/mol. The van der Waals surface area contributed by atoms with Crippen molar-refractivity contribution in [2.45, 2.75) is 335 Å². The molecular formula is C61H114O6. The number of esters is 3. The minimum Gasteiger partial charge on any atom is -0.462 e. The minimum absolute atomic E-state index is 0.0727. The molecule has 0 aromatic carbocycles. The van der Waals surface area contributed by atoms with E-state index in [-0.39, 0.29) is 31.1 Å². The Morgan fingerprint density at radius 2 is 0.493 bits per heavy atom. The Morgan fingerprint density at radius 1 is 0.284 bits per heavy atom. The fraction of sp³-hybridized carbons (Fsp3) is 0.885. The molecule has 6 heteroatoms. The summed E-state index contributed by atoms with van der Waals surface area (Å²) in [5.74, 6) is -0.869. The third-order valence-electron chi connectivity index (χ3n) is 13.4. The Bertz CT molecular complexity index is 1080. The first-order valence-electron chi connectivity index (χ1n) is 29.8. The van der Waals surface area contributed by atoms with E-state index in [2.05, 4.69) is 45.1 Å². The molecule has 0 fully saturated rings. The van der Waals surface area contributed by atoms with Gasteiger partial charge in [-0.1, -0.05) is 263 Å². The summed E-state index contributed by atoms with van der Waals surface area (Å²) in [7, 11) is 0. The van der Waals surface area contributed by atoms with Crippen LogP contribution in [0.4, 0.5) is 0 Å². The Hall–Kier alpha value is -2.11. The van der Waals surface area contributed by atoms with Crippen molar-refractivity contribution in [1.82, 2.24) is 0 Å². The van der Waals surface area contributed by atoms with Gasteiger partial charge in [-0.15, -0.1) is 0 Å². The van der Waals surface area contributed by atoms with E-state index in [1.54, 1.807) is 0 Å². The zero-order valence-electron chi connectivity index (χ0n) is 45.2. The van der Waals surface area contributed by atoms with Gasteiger partial charge in [0.1, 0.15) is 13.2 Å². The van der Waals surface area contributed by atoms with Crippen LogP contribution in [-0.4, -0.2) is 37.2 Å².